The van der Waals surface area contributed by atoms with Gasteiger partial charge < -0.3 is 4.74 Å². The smallest absolute Gasteiger partial charge is 0.305 e. The Morgan fingerprint density at radius 1 is 1.26 bits per heavy atom. The average Bonchev–Trinajstić information content (AvgIpc) is 2.82. The number of hydrogen-bond donors (Lipinski definition) is 0. The normalized spacial score (nSPS) is 16.2. The van der Waals surface area contributed by atoms with Crippen LogP contribution in [0.15, 0.2) is 35.2 Å². The summed E-state index contributed by atoms with van der Waals surface area (Å²) in [6.45, 7) is 0.595. The lowest BCUT2D eigenvalue weighted by Crippen LogP contribution is -2.27. The first-order valence-electron chi connectivity index (χ1n) is 7.49. The molecular weight excluding hydrogens is 330 g/mol. The molecule has 0 bridgehead atoms. The number of thiocarbonyl (C=S) groups is 1. The van der Waals surface area contributed by atoms with Gasteiger partial charge in [0.1, 0.15) is 4.99 Å². The highest BCUT2D eigenvalue weighted by molar-refractivity contribution is 8.19. The van der Waals surface area contributed by atoms with E-state index in [0.29, 0.717) is 18.0 Å². The third-order valence-electron chi connectivity index (χ3n) is 3.46. The largest absolute Gasteiger partial charge is 0.469 e. The number of thioether (sulfide) groups is 1. The van der Waals surface area contributed by atoms with Gasteiger partial charge in [-0.05, 0) is 36.2 Å². The standard InChI is InChI=1S/C17H19NO3S2/c1-21-15(19)10-6-3-7-11-18-16(22)14(23-17(18)20)12-13-8-4-2-5-9-13/h2,4-5,8-9,12H,3,6-7,10-11H2,1H3. The SMILES string of the molecule is COC(=O)CCCCCN1C(=O)SC(=Cc2ccccc2)C1=S. The quantitative estimate of drug-likeness (QED) is 0.319. The Morgan fingerprint density at radius 3 is 2.70 bits per heavy atom. The molecule has 1 amide bonds. The first kappa shape index (κ1) is 17.7. The van der Waals surface area contributed by atoms with Crippen LogP contribution in [0.1, 0.15) is 31.2 Å². The Hall–Kier alpha value is -1.66. The summed E-state index contributed by atoms with van der Waals surface area (Å²) < 4.78 is 4.60. The average molecular weight is 349 g/mol. The van der Waals surface area contributed by atoms with Crippen molar-refractivity contribution in [3.8, 4) is 0 Å². The van der Waals surface area contributed by atoms with Crippen molar-refractivity contribution in [2.75, 3.05) is 13.7 Å². The topological polar surface area (TPSA) is 46.6 Å². The minimum atomic E-state index is -0.193. The summed E-state index contributed by atoms with van der Waals surface area (Å²) >= 11 is 6.60. The maximum absolute atomic E-state index is 12.1. The third kappa shape index (κ3) is 5.18. The molecule has 1 saturated heterocycles. The van der Waals surface area contributed by atoms with Gasteiger partial charge in [0.2, 0.25) is 0 Å². The minimum Gasteiger partial charge on any atom is -0.469 e. The Balaban J connectivity index is 1.84. The van der Waals surface area contributed by atoms with Crippen LogP contribution in [0.4, 0.5) is 4.79 Å². The molecule has 0 aliphatic carbocycles. The van der Waals surface area contributed by atoms with E-state index in [1.807, 2.05) is 36.4 Å². The second-order valence-corrected chi connectivity index (χ2v) is 6.51. The monoisotopic (exact) mass is 349 g/mol. The molecule has 1 aromatic rings. The fraction of sp³-hybridized carbons (Fsp3) is 0.353. The number of unbranched alkanes of at least 4 members (excludes halogenated alkanes) is 2. The van der Waals surface area contributed by atoms with E-state index >= 15 is 0 Å². The molecule has 23 heavy (non-hydrogen) atoms. The van der Waals surface area contributed by atoms with Crippen LogP contribution in [0.25, 0.3) is 6.08 Å². The van der Waals surface area contributed by atoms with Gasteiger partial charge >= 0.3 is 5.97 Å². The predicted molar refractivity (Wildman–Crippen MR) is 97.2 cm³/mol. The number of methoxy groups -OCH3 is 1. The third-order valence-corrected chi connectivity index (χ3v) is 4.96. The Morgan fingerprint density at radius 2 is 2.00 bits per heavy atom. The lowest BCUT2D eigenvalue weighted by molar-refractivity contribution is -0.140. The maximum Gasteiger partial charge on any atom is 0.305 e. The van der Waals surface area contributed by atoms with E-state index in [0.717, 1.165) is 29.7 Å². The zero-order valence-corrected chi connectivity index (χ0v) is 14.6. The van der Waals surface area contributed by atoms with Gasteiger partial charge in [-0.15, -0.1) is 0 Å². The summed E-state index contributed by atoms with van der Waals surface area (Å²) in [6.07, 6.45) is 4.82. The first-order valence-corrected chi connectivity index (χ1v) is 8.71. The van der Waals surface area contributed by atoms with Crippen molar-refractivity contribution in [1.29, 1.82) is 0 Å². The Bertz CT molecular complexity index is 614. The minimum absolute atomic E-state index is 0.0230. The zero-order valence-electron chi connectivity index (χ0n) is 13.0. The summed E-state index contributed by atoms with van der Waals surface area (Å²) in [4.78, 5) is 26.2. The van der Waals surface area contributed by atoms with Crippen molar-refractivity contribution in [3.63, 3.8) is 0 Å². The van der Waals surface area contributed by atoms with Crippen molar-refractivity contribution in [1.82, 2.24) is 4.90 Å². The summed E-state index contributed by atoms with van der Waals surface area (Å²) in [5, 5.41) is -0.0230. The summed E-state index contributed by atoms with van der Waals surface area (Å²) in [5.41, 5.74) is 1.03. The molecule has 0 saturated carbocycles. The highest BCUT2D eigenvalue weighted by atomic mass is 32.2. The van der Waals surface area contributed by atoms with Crippen LogP contribution in [0.2, 0.25) is 0 Å². The molecule has 6 heteroatoms. The van der Waals surface area contributed by atoms with Crippen molar-refractivity contribution in [2.24, 2.45) is 0 Å². The summed E-state index contributed by atoms with van der Waals surface area (Å²) in [5.74, 6) is -0.193. The first-order chi connectivity index (χ1) is 11.1. The number of carbonyl (C=O) groups excluding carboxylic acids is 2. The molecule has 4 nitrogen and oxygen atoms in total. The fourth-order valence-corrected chi connectivity index (χ4v) is 3.50. The number of amides is 1. The van der Waals surface area contributed by atoms with E-state index in [-0.39, 0.29) is 11.2 Å². The number of benzene rings is 1. The number of rotatable bonds is 7. The van der Waals surface area contributed by atoms with Gasteiger partial charge in [0.25, 0.3) is 5.24 Å². The van der Waals surface area contributed by atoms with Crippen LogP contribution >= 0.6 is 24.0 Å². The Kier molecular flexibility index (Phi) is 6.80. The predicted octanol–water partition coefficient (Wildman–Crippen LogP) is 4.26. The zero-order chi connectivity index (χ0) is 16.7. The maximum atomic E-state index is 12.1. The van der Waals surface area contributed by atoms with Gasteiger partial charge in [-0.3, -0.25) is 14.5 Å². The van der Waals surface area contributed by atoms with Crippen LogP contribution in [0, 0.1) is 0 Å². The van der Waals surface area contributed by atoms with Gasteiger partial charge in [0.05, 0.1) is 12.0 Å². The molecule has 0 N–H and O–H groups in total. The number of nitrogens with zero attached hydrogens (tertiary/aromatic N) is 1. The van der Waals surface area contributed by atoms with Crippen LogP contribution in [0.5, 0.6) is 0 Å². The molecule has 1 heterocycles. The highest BCUT2D eigenvalue weighted by Crippen LogP contribution is 2.33. The fourth-order valence-electron chi connectivity index (χ4n) is 2.21. The molecule has 122 valence electrons. The Labute approximate surface area is 145 Å². The summed E-state index contributed by atoms with van der Waals surface area (Å²) in [6, 6.07) is 9.83. The van der Waals surface area contributed by atoms with Crippen LogP contribution < -0.4 is 0 Å². The number of esters is 1. The van der Waals surface area contributed by atoms with Gasteiger partial charge in [0.15, 0.2) is 0 Å². The molecule has 0 radical (unpaired) electrons. The molecular formula is C17H19NO3S2. The van der Waals surface area contributed by atoms with Crippen LogP contribution in [-0.4, -0.2) is 34.8 Å². The molecule has 0 atom stereocenters. The van der Waals surface area contributed by atoms with Gasteiger partial charge in [-0.2, -0.15) is 0 Å². The van der Waals surface area contributed by atoms with Crippen molar-refractivity contribution in [2.45, 2.75) is 25.7 Å². The second kappa shape index (κ2) is 8.84. The molecule has 1 aromatic carbocycles. The molecule has 1 aliphatic heterocycles. The lowest BCUT2D eigenvalue weighted by atomic mass is 10.2. The van der Waals surface area contributed by atoms with E-state index in [2.05, 4.69) is 4.74 Å². The van der Waals surface area contributed by atoms with E-state index in [1.165, 1.54) is 18.9 Å². The number of ether oxygens (including phenoxy) is 1. The van der Waals surface area contributed by atoms with Crippen LogP contribution in [0.3, 0.4) is 0 Å². The van der Waals surface area contributed by atoms with Crippen molar-refractivity contribution < 1.29 is 14.3 Å². The lowest BCUT2D eigenvalue weighted by Gasteiger charge is -2.14. The molecule has 0 spiro atoms. The van der Waals surface area contributed by atoms with E-state index < -0.39 is 0 Å². The molecule has 0 unspecified atom stereocenters. The highest BCUT2D eigenvalue weighted by Gasteiger charge is 2.30. The van der Waals surface area contributed by atoms with Crippen molar-refractivity contribution in [3.05, 3.63) is 40.8 Å². The molecule has 1 fully saturated rings. The van der Waals surface area contributed by atoms with Gasteiger partial charge in [-0.1, -0.05) is 49.0 Å². The van der Waals surface area contributed by atoms with Gasteiger partial charge in [-0.25, -0.2) is 0 Å². The second-order valence-electron chi connectivity index (χ2n) is 5.13. The number of carbonyl (C=O) groups is 2. The van der Waals surface area contributed by atoms with Crippen LogP contribution in [-0.2, 0) is 9.53 Å². The molecule has 2 rings (SSSR count). The number of hydrogen-bond acceptors (Lipinski definition) is 5. The van der Waals surface area contributed by atoms with E-state index in [9.17, 15) is 9.59 Å². The van der Waals surface area contributed by atoms with E-state index in [1.54, 1.807) is 4.90 Å². The molecule has 0 aromatic heterocycles. The van der Waals surface area contributed by atoms with Gasteiger partial charge in [0, 0.05) is 13.0 Å². The van der Waals surface area contributed by atoms with Crippen molar-refractivity contribution >= 4 is 46.3 Å². The molecule has 1 aliphatic rings. The summed E-state index contributed by atoms with van der Waals surface area (Å²) in [7, 11) is 1.39. The van der Waals surface area contributed by atoms with E-state index in [4.69, 9.17) is 12.2 Å².